The summed E-state index contributed by atoms with van der Waals surface area (Å²) >= 11 is 0. The number of aryl methyl sites for hydroxylation is 3. The smallest absolute Gasteiger partial charge is 0.251 e. The van der Waals surface area contributed by atoms with E-state index in [0.717, 1.165) is 41.7 Å². The van der Waals surface area contributed by atoms with Crippen molar-refractivity contribution in [2.75, 3.05) is 5.73 Å². The second kappa shape index (κ2) is 11.7. The van der Waals surface area contributed by atoms with Crippen LogP contribution >= 0.6 is 0 Å². The van der Waals surface area contributed by atoms with Crippen LogP contribution in [0.5, 0.6) is 5.75 Å². The number of phenols is 1. The monoisotopic (exact) mass is 550 g/mol. The molecule has 0 heterocycles. The van der Waals surface area contributed by atoms with Crippen molar-refractivity contribution in [2.24, 2.45) is 23.2 Å². The zero-order valence-corrected chi connectivity index (χ0v) is 23.9. The quantitative estimate of drug-likeness (QED) is 0.233. The number of hydrogen-bond acceptors (Lipinski definition) is 4. The number of nitrogens with one attached hydrogen (secondary N) is 1. The van der Waals surface area contributed by atoms with E-state index in [2.05, 4.69) is 17.4 Å². The number of hydrogen-bond donors (Lipinski definition) is 3. The van der Waals surface area contributed by atoms with E-state index in [0.29, 0.717) is 30.5 Å². The van der Waals surface area contributed by atoms with Gasteiger partial charge in [-0.3, -0.25) is 9.59 Å². The van der Waals surface area contributed by atoms with E-state index in [1.165, 1.54) is 44.1 Å². The standard InChI is InChI=1S/C36H42N2O3/c37-32-14-11-30(19-29(32)10-6-25-7-12-31(39)13-8-25)35(41)38-33(15-9-24-4-2-1-3-5-24)34(40)23-36-20-26-16-27(21-36)18-28(17-26)22-36/h1-5,7-8,11-14,19,26-28,33,39H,6,9-10,15-18,20-23,37H2,(H,38,41)/t26?,27?,28?,33-,36?/m0/s1. The third-order valence-corrected chi connectivity index (χ3v) is 10.00. The van der Waals surface area contributed by atoms with Gasteiger partial charge < -0.3 is 16.2 Å². The lowest BCUT2D eigenvalue weighted by Gasteiger charge is -2.57. The maximum absolute atomic E-state index is 14.0. The molecule has 1 amide bonds. The minimum absolute atomic E-state index is 0.143. The van der Waals surface area contributed by atoms with Crippen LogP contribution < -0.4 is 11.1 Å². The third-order valence-electron chi connectivity index (χ3n) is 10.00. The summed E-state index contributed by atoms with van der Waals surface area (Å²) in [7, 11) is 0. The van der Waals surface area contributed by atoms with Crippen LogP contribution in [0.3, 0.4) is 0 Å². The number of phenolic OH excluding ortho intramolecular Hbond substituents is 1. The highest BCUT2D eigenvalue weighted by Crippen LogP contribution is 2.61. The van der Waals surface area contributed by atoms with E-state index in [1.54, 1.807) is 24.3 Å². The first kappa shape index (κ1) is 27.6. The summed E-state index contributed by atoms with van der Waals surface area (Å²) in [6.07, 6.45) is 11.0. The molecule has 4 fully saturated rings. The van der Waals surface area contributed by atoms with Crippen molar-refractivity contribution in [1.82, 2.24) is 5.32 Å². The van der Waals surface area contributed by atoms with Crippen molar-refractivity contribution in [3.63, 3.8) is 0 Å². The van der Waals surface area contributed by atoms with Gasteiger partial charge >= 0.3 is 0 Å². The normalized spacial score (nSPS) is 25.1. The Balaban J connectivity index is 1.16. The first-order valence-corrected chi connectivity index (χ1v) is 15.4. The minimum atomic E-state index is -0.506. The molecule has 0 saturated heterocycles. The van der Waals surface area contributed by atoms with Gasteiger partial charge in [0.2, 0.25) is 0 Å². The third kappa shape index (κ3) is 6.50. The SMILES string of the molecule is Nc1ccc(C(=O)N[C@@H](CCc2ccccc2)C(=O)CC23CC4CC(CC(C4)C2)C3)cc1CCc1ccc(O)cc1. The van der Waals surface area contributed by atoms with Crippen LogP contribution in [0, 0.1) is 23.2 Å². The van der Waals surface area contributed by atoms with Gasteiger partial charge in [0.1, 0.15) is 5.75 Å². The number of rotatable bonds is 11. The number of amides is 1. The van der Waals surface area contributed by atoms with E-state index in [-0.39, 0.29) is 22.9 Å². The largest absolute Gasteiger partial charge is 0.508 e. The van der Waals surface area contributed by atoms with E-state index in [1.807, 2.05) is 36.4 Å². The first-order valence-electron chi connectivity index (χ1n) is 15.4. The summed E-state index contributed by atoms with van der Waals surface area (Å²) < 4.78 is 0. The lowest BCUT2D eigenvalue weighted by atomic mass is 9.48. The van der Waals surface area contributed by atoms with Gasteiger partial charge in [0.05, 0.1) is 6.04 Å². The van der Waals surface area contributed by atoms with Crippen molar-refractivity contribution in [2.45, 2.75) is 76.7 Å². The van der Waals surface area contributed by atoms with Gasteiger partial charge in [0, 0.05) is 17.7 Å². The molecule has 7 rings (SSSR count). The zero-order chi connectivity index (χ0) is 28.4. The van der Waals surface area contributed by atoms with Crippen molar-refractivity contribution >= 4 is 17.4 Å². The summed E-state index contributed by atoms with van der Waals surface area (Å²) in [6, 6.07) is 22.3. The highest BCUT2D eigenvalue weighted by Gasteiger charge is 2.51. The number of anilines is 1. The number of ketones is 1. The molecule has 4 bridgehead atoms. The number of carbonyl (C=O) groups is 2. The topological polar surface area (TPSA) is 92.4 Å². The molecule has 214 valence electrons. The van der Waals surface area contributed by atoms with Crippen LogP contribution in [-0.4, -0.2) is 22.8 Å². The van der Waals surface area contributed by atoms with Gasteiger partial charge in [0.15, 0.2) is 5.78 Å². The first-order chi connectivity index (χ1) is 19.8. The van der Waals surface area contributed by atoms with E-state index in [4.69, 9.17) is 5.73 Å². The van der Waals surface area contributed by atoms with Gasteiger partial charge in [-0.05, 0) is 134 Å². The number of nitrogen functional groups attached to an aromatic ring is 1. The molecule has 4 saturated carbocycles. The molecule has 0 radical (unpaired) electrons. The summed E-state index contributed by atoms with van der Waals surface area (Å²) in [5.74, 6) is 2.60. The predicted octanol–water partition coefficient (Wildman–Crippen LogP) is 6.67. The van der Waals surface area contributed by atoms with Gasteiger partial charge in [-0.1, -0.05) is 42.5 Å². The fourth-order valence-corrected chi connectivity index (χ4v) is 8.42. The highest BCUT2D eigenvalue weighted by atomic mass is 16.3. The Kier molecular flexibility index (Phi) is 7.88. The predicted molar refractivity (Wildman–Crippen MR) is 163 cm³/mol. The molecule has 0 spiro atoms. The van der Waals surface area contributed by atoms with Crippen LogP contribution in [0.4, 0.5) is 5.69 Å². The average molecular weight is 551 g/mol. The van der Waals surface area contributed by atoms with Crippen molar-refractivity contribution < 1.29 is 14.7 Å². The number of benzene rings is 3. The van der Waals surface area contributed by atoms with E-state index < -0.39 is 6.04 Å². The fraction of sp³-hybridized carbons (Fsp3) is 0.444. The summed E-state index contributed by atoms with van der Waals surface area (Å²) in [4.78, 5) is 27.5. The fourth-order valence-electron chi connectivity index (χ4n) is 8.42. The highest BCUT2D eigenvalue weighted by molar-refractivity contribution is 5.98. The Bertz CT molecular complexity index is 1350. The van der Waals surface area contributed by atoms with E-state index in [9.17, 15) is 14.7 Å². The number of Topliss-reactive ketones (excluding diaryl/α,β-unsaturated/α-hetero) is 1. The van der Waals surface area contributed by atoms with Crippen molar-refractivity contribution in [3.05, 3.63) is 95.1 Å². The molecule has 0 aliphatic heterocycles. The second-order valence-electron chi connectivity index (χ2n) is 13.2. The Morgan fingerprint density at radius 1 is 0.829 bits per heavy atom. The molecule has 3 aromatic rings. The second-order valence-corrected chi connectivity index (χ2v) is 13.2. The molecule has 4 aliphatic rings. The van der Waals surface area contributed by atoms with Gasteiger partial charge in [-0.2, -0.15) is 0 Å². The molecule has 0 unspecified atom stereocenters. The van der Waals surface area contributed by atoms with E-state index >= 15 is 0 Å². The average Bonchev–Trinajstić information content (AvgIpc) is 2.95. The molecule has 1 atom stereocenters. The maximum Gasteiger partial charge on any atom is 0.251 e. The number of carbonyl (C=O) groups excluding carboxylic acids is 2. The minimum Gasteiger partial charge on any atom is -0.508 e. The molecular formula is C36H42N2O3. The summed E-state index contributed by atoms with van der Waals surface area (Å²) in [5.41, 5.74) is 10.8. The van der Waals surface area contributed by atoms with Gasteiger partial charge in [-0.15, -0.1) is 0 Å². The van der Waals surface area contributed by atoms with Crippen LogP contribution in [0.2, 0.25) is 0 Å². The van der Waals surface area contributed by atoms with Crippen LogP contribution in [-0.2, 0) is 24.1 Å². The molecule has 0 aromatic heterocycles. The lowest BCUT2D eigenvalue weighted by molar-refractivity contribution is -0.129. The molecule has 3 aromatic carbocycles. The van der Waals surface area contributed by atoms with Crippen molar-refractivity contribution in [1.29, 1.82) is 0 Å². The molecule has 5 nitrogen and oxygen atoms in total. The molecule has 4 aliphatic carbocycles. The molecule has 5 heteroatoms. The van der Waals surface area contributed by atoms with Crippen LogP contribution in [0.25, 0.3) is 0 Å². The maximum atomic E-state index is 14.0. The lowest BCUT2D eigenvalue weighted by Crippen LogP contribution is -2.49. The number of nitrogens with two attached hydrogens (primary N) is 1. The molecular weight excluding hydrogens is 508 g/mol. The van der Waals surface area contributed by atoms with Gasteiger partial charge in [-0.25, -0.2) is 0 Å². The summed E-state index contributed by atoms with van der Waals surface area (Å²) in [5, 5.41) is 12.7. The molecule has 41 heavy (non-hydrogen) atoms. The Morgan fingerprint density at radius 3 is 2.12 bits per heavy atom. The number of aromatic hydroxyl groups is 1. The Hall–Kier alpha value is -3.60. The van der Waals surface area contributed by atoms with Crippen molar-refractivity contribution in [3.8, 4) is 5.75 Å². The summed E-state index contributed by atoms with van der Waals surface area (Å²) in [6.45, 7) is 0. The van der Waals surface area contributed by atoms with Gasteiger partial charge in [0.25, 0.3) is 5.91 Å². The Morgan fingerprint density at radius 2 is 1.46 bits per heavy atom. The zero-order valence-electron chi connectivity index (χ0n) is 23.9. The molecule has 4 N–H and O–H groups in total. The van der Waals surface area contributed by atoms with Crippen LogP contribution in [0.15, 0.2) is 72.8 Å². The van der Waals surface area contributed by atoms with Crippen LogP contribution in [0.1, 0.15) is 78.4 Å². The Labute approximate surface area is 243 Å².